The maximum atomic E-state index is 12.9. The molecule has 1 N–H and O–H groups in total. The third kappa shape index (κ3) is 3.08. The number of hydrogen-bond acceptors (Lipinski definition) is 6. The van der Waals surface area contributed by atoms with Crippen LogP contribution < -0.4 is 4.90 Å². The zero-order valence-corrected chi connectivity index (χ0v) is 16.2. The van der Waals surface area contributed by atoms with E-state index in [4.69, 9.17) is 11.6 Å². The highest BCUT2D eigenvalue weighted by atomic mass is 35.5. The van der Waals surface area contributed by atoms with Crippen LogP contribution in [0.3, 0.4) is 0 Å². The zero-order chi connectivity index (χ0) is 19.8. The number of benzene rings is 2. The number of aryl methyl sites for hydroxylation is 1. The van der Waals surface area contributed by atoms with Crippen molar-refractivity contribution in [3.8, 4) is 0 Å². The highest BCUT2D eigenvalue weighted by Gasteiger charge is 2.48. The molecule has 1 aliphatic rings. The summed E-state index contributed by atoms with van der Waals surface area (Å²) in [6.07, 6.45) is 0. The van der Waals surface area contributed by atoms with Crippen LogP contribution in [-0.2, 0) is 9.59 Å². The third-order valence-electron chi connectivity index (χ3n) is 4.40. The highest BCUT2D eigenvalue weighted by molar-refractivity contribution is 7.15. The second kappa shape index (κ2) is 7.18. The Bertz CT molecular complexity index is 1090. The Morgan fingerprint density at radius 3 is 2.36 bits per heavy atom. The Labute approximate surface area is 169 Å². The van der Waals surface area contributed by atoms with Gasteiger partial charge in [0.05, 0.1) is 11.6 Å². The van der Waals surface area contributed by atoms with Crippen molar-refractivity contribution in [2.75, 3.05) is 4.90 Å². The van der Waals surface area contributed by atoms with Crippen molar-refractivity contribution in [3.05, 3.63) is 81.3 Å². The van der Waals surface area contributed by atoms with Gasteiger partial charge in [-0.05, 0) is 24.6 Å². The summed E-state index contributed by atoms with van der Waals surface area (Å²) in [5, 5.41) is 20.4. The van der Waals surface area contributed by atoms with Gasteiger partial charge in [-0.2, -0.15) is 0 Å². The molecule has 2 aromatic carbocycles. The van der Waals surface area contributed by atoms with E-state index in [1.165, 1.54) is 16.2 Å². The molecule has 0 radical (unpaired) electrons. The molecule has 28 heavy (non-hydrogen) atoms. The molecule has 1 saturated heterocycles. The number of carbonyl (C=O) groups excluding carboxylic acids is 2. The Morgan fingerprint density at radius 2 is 1.75 bits per heavy atom. The Kier molecular flexibility index (Phi) is 4.70. The molecule has 4 rings (SSSR count). The number of nitrogens with zero attached hydrogens (tertiary/aromatic N) is 3. The third-order valence-corrected chi connectivity index (χ3v) is 5.49. The van der Waals surface area contributed by atoms with Gasteiger partial charge in [0.15, 0.2) is 0 Å². The van der Waals surface area contributed by atoms with Crippen molar-refractivity contribution in [2.24, 2.45) is 0 Å². The van der Waals surface area contributed by atoms with E-state index < -0.39 is 17.7 Å². The largest absolute Gasteiger partial charge is 0.507 e. The number of anilines is 1. The Balaban J connectivity index is 1.94. The number of aliphatic hydroxyl groups excluding tert-OH is 1. The Hall–Kier alpha value is -3.03. The molecule has 0 saturated carbocycles. The lowest BCUT2D eigenvalue weighted by Gasteiger charge is -2.22. The van der Waals surface area contributed by atoms with Crippen molar-refractivity contribution < 1.29 is 14.7 Å². The lowest BCUT2D eigenvalue weighted by atomic mass is 9.95. The monoisotopic (exact) mass is 411 g/mol. The van der Waals surface area contributed by atoms with Crippen LogP contribution in [0, 0.1) is 6.92 Å². The normalized spacial score (nSPS) is 18.6. The maximum absolute atomic E-state index is 12.9. The van der Waals surface area contributed by atoms with E-state index in [9.17, 15) is 14.7 Å². The minimum absolute atomic E-state index is 0.00590. The average Bonchev–Trinajstić information content (AvgIpc) is 3.24. The van der Waals surface area contributed by atoms with Gasteiger partial charge in [0, 0.05) is 10.6 Å². The lowest BCUT2D eigenvalue weighted by Crippen LogP contribution is -2.29. The first kappa shape index (κ1) is 18.3. The van der Waals surface area contributed by atoms with Gasteiger partial charge in [0.25, 0.3) is 5.78 Å². The van der Waals surface area contributed by atoms with Crippen molar-refractivity contribution in [1.82, 2.24) is 10.2 Å². The average molecular weight is 412 g/mol. The van der Waals surface area contributed by atoms with E-state index in [-0.39, 0.29) is 11.3 Å². The van der Waals surface area contributed by atoms with E-state index >= 15 is 0 Å². The van der Waals surface area contributed by atoms with Gasteiger partial charge in [-0.3, -0.25) is 14.5 Å². The summed E-state index contributed by atoms with van der Waals surface area (Å²) in [6.45, 7) is 1.76. The standard InChI is InChI=1S/C20H14ClN3O3S/c1-11-22-23-20(28-11)24-16(12-7-9-14(21)10-8-12)15(18(26)19(24)27)17(25)13-5-3-2-4-6-13/h2-10,16,25H,1H3/b17-15+. The van der Waals surface area contributed by atoms with Crippen molar-refractivity contribution >= 4 is 45.5 Å². The van der Waals surface area contributed by atoms with Gasteiger partial charge >= 0.3 is 5.91 Å². The fourth-order valence-electron chi connectivity index (χ4n) is 3.13. The van der Waals surface area contributed by atoms with Crippen molar-refractivity contribution in [3.63, 3.8) is 0 Å². The van der Waals surface area contributed by atoms with Gasteiger partial charge < -0.3 is 5.11 Å². The quantitative estimate of drug-likeness (QED) is 0.398. The van der Waals surface area contributed by atoms with E-state index in [2.05, 4.69) is 10.2 Å². The summed E-state index contributed by atoms with van der Waals surface area (Å²) >= 11 is 7.20. The first-order valence-corrected chi connectivity index (χ1v) is 9.59. The van der Waals surface area contributed by atoms with Gasteiger partial charge in [-0.1, -0.05) is 65.4 Å². The molecule has 1 aliphatic heterocycles. The van der Waals surface area contributed by atoms with Crippen LogP contribution >= 0.6 is 22.9 Å². The predicted octanol–water partition coefficient (Wildman–Crippen LogP) is 4.13. The number of carbonyl (C=O) groups is 2. The molecule has 8 heteroatoms. The van der Waals surface area contributed by atoms with E-state index in [1.807, 2.05) is 0 Å². The fourth-order valence-corrected chi connectivity index (χ4v) is 3.97. The molecule has 140 valence electrons. The molecule has 0 aliphatic carbocycles. The van der Waals surface area contributed by atoms with Crippen molar-refractivity contribution in [2.45, 2.75) is 13.0 Å². The highest BCUT2D eigenvalue weighted by Crippen LogP contribution is 2.43. The topological polar surface area (TPSA) is 83.4 Å². The summed E-state index contributed by atoms with van der Waals surface area (Å²) in [5.41, 5.74) is 1.09. The predicted molar refractivity (Wildman–Crippen MR) is 107 cm³/mol. The van der Waals surface area contributed by atoms with Crippen LogP contribution in [0.5, 0.6) is 0 Å². The van der Waals surface area contributed by atoms with Crippen LogP contribution in [0.4, 0.5) is 5.13 Å². The lowest BCUT2D eigenvalue weighted by molar-refractivity contribution is -0.132. The number of ketones is 1. The van der Waals surface area contributed by atoms with Gasteiger partial charge in [0.2, 0.25) is 5.13 Å². The number of hydrogen-bond donors (Lipinski definition) is 1. The van der Waals surface area contributed by atoms with E-state index in [1.54, 1.807) is 61.5 Å². The van der Waals surface area contributed by atoms with Crippen LogP contribution in [0.25, 0.3) is 5.76 Å². The summed E-state index contributed by atoms with van der Waals surface area (Å²) in [4.78, 5) is 27.0. The number of amides is 1. The van der Waals surface area contributed by atoms with Crippen molar-refractivity contribution in [1.29, 1.82) is 0 Å². The number of aromatic nitrogens is 2. The van der Waals surface area contributed by atoms with Gasteiger partial charge in [-0.25, -0.2) is 0 Å². The molecular formula is C20H14ClN3O3S. The van der Waals surface area contributed by atoms with Crippen LogP contribution in [-0.4, -0.2) is 27.0 Å². The Morgan fingerprint density at radius 1 is 1.07 bits per heavy atom. The number of rotatable bonds is 3. The van der Waals surface area contributed by atoms with Crippen LogP contribution in [0.15, 0.2) is 60.2 Å². The first-order chi connectivity index (χ1) is 13.5. The van der Waals surface area contributed by atoms with Crippen LogP contribution in [0.1, 0.15) is 22.2 Å². The number of halogens is 1. The minimum atomic E-state index is -0.829. The van der Waals surface area contributed by atoms with Crippen LogP contribution in [0.2, 0.25) is 5.02 Å². The van der Waals surface area contributed by atoms with E-state index in [0.29, 0.717) is 26.3 Å². The van der Waals surface area contributed by atoms with E-state index in [0.717, 1.165) is 0 Å². The zero-order valence-electron chi connectivity index (χ0n) is 14.7. The fraction of sp³-hybridized carbons (Fsp3) is 0.100. The second-order valence-corrected chi connectivity index (χ2v) is 7.79. The summed E-state index contributed by atoms with van der Waals surface area (Å²) in [7, 11) is 0. The molecule has 0 bridgehead atoms. The number of aliphatic hydroxyl groups is 1. The summed E-state index contributed by atoms with van der Waals surface area (Å²) < 4.78 is 0. The first-order valence-electron chi connectivity index (χ1n) is 8.39. The molecule has 1 amide bonds. The minimum Gasteiger partial charge on any atom is -0.507 e. The summed E-state index contributed by atoms with van der Waals surface area (Å²) in [6, 6.07) is 14.6. The molecule has 2 heterocycles. The molecule has 0 spiro atoms. The molecule has 1 aromatic heterocycles. The smallest absolute Gasteiger partial charge is 0.301 e. The maximum Gasteiger partial charge on any atom is 0.301 e. The molecule has 1 atom stereocenters. The SMILES string of the molecule is Cc1nnc(N2C(=O)C(=O)/C(=C(/O)c3ccccc3)C2c2ccc(Cl)cc2)s1. The molecule has 6 nitrogen and oxygen atoms in total. The van der Waals surface area contributed by atoms with Gasteiger partial charge in [-0.15, -0.1) is 10.2 Å². The second-order valence-electron chi connectivity index (χ2n) is 6.19. The van der Waals surface area contributed by atoms with Gasteiger partial charge in [0.1, 0.15) is 10.8 Å². The summed E-state index contributed by atoms with van der Waals surface area (Å²) in [5.74, 6) is -1.76. The molecular weight excluding hydrogens is 398 g/mol. The molecule has 3 aromatic rings. The molecule has 1 unspecified atom stereocenters. The molecule has 1 fully saturated rings. The number of Topliss-reactive ketones (excluding diaryl/α,β-unsaturated/α-hetero) is 1.